The first-order valence-corrected chi connectivity index (χ1v) is 7.43. The summed E-state index contributed by atoms with van der Waals surface area (Å²) in [4.78, 5) is 2.02. The number of anilines is 1. The van der Waals surface area contributed by atoms with E-state index in [0.29, 0.717) is 16.1 Å². The van der Waals surface area contributed by atoms with Gasteiger partial charge in [0, 0.05) is 35.7 Å². The van der Waals surface area contributed by atoms with Crippen LogP contribution in [0.25, 0.3) is 0 Å². The molecule has 1 N–H and O–H groups in total. The molecule has 0 amide bonds. The standard InChI is InChI=1S/C14H17BrF2N2/c1-14(9-2-3-9)8-19(5-4-18-14)13-11(15)6-10(16)7-12(13)17/h6-7,9,18H,2-5,8H2,1H3. The first-order valence-electron chi connectivity index (χ1n) is 6.64. The van der Waals surface area contributed by atoms with Crippen LogP contribution in [0.3, 0.4) is 0 Å². The number of rotatable bonds is 2. The summed E-state index contributed by atoms with van der Waals surface area (Å²) in [5, 5.41) is 3.55. The van der Waals surface area contributed by atoms with E-state index in [1.54, 1.807) is 0 Å². The van der Waals surface area contributed by atoms with Gasteiger partial charge in [0.2, 0.25) is 0 Å². The van der Waals surface area contributed by atoms with Crippen molar-refractivity contribution in [3.05, 3.63) is 28.2 Å². The molecule has 1 aromatic rings. The van der Waals surface area contributed by atoms with E-state index < -0.39 is 11.6 Å². The van der Waals surface area contributed by atoms with Crippen molar-refractivity contribution in [1.29, 1.82) is 0 Å². The van der Waals surface area contributed by atoms with Crippen molar-refractivity contribution in [3.8, 4) is 0 Å². The molecule has 1 saturated carbocycles. The summed E-state index contributed by atoms with van der Waals surface area (Å²) in [7, 11) is 0. The van der Waals surface area contributed by atoms with Crippen molar-refractivity contribution in [2.24, 2.45) is 5.92 Å². The number of hydrogen-bond donors (Lipinski definition) is 1. The summed E-state index contributed by atoms with van der Waals surface area (Å²) < 4.78 is 27.7. The first-order chi connectivity index (χ1) is 8.99. The van der Waals surface area contributed by atoms with E-state index in [1.807, 2.05) is 4.90 Å². The molecule has 1 unspecified atom stereocenters. The molecule has 2 aliphatic rings. The van der Waals surface area contributed by atoms with Crippen molar-refractivity contribution in [2.75, 3.05) is 24.5 Å². The lowest BCUT2D eigenvalue weighted by atomic mass is 9.92. The third kappa shape index (κ3) is 2.50. The number of halogens is 3. The summed E-state index contributed by atoms with van der Waals surface area (Å²) in [5.41, 5.74) is 0.521. The molecule has 2 nitrogen and oxygen atoms in total. The van der Waals surface area contributed by atoms with Gasteiger partial charge >= 0.3 is 0 Å². The topological polar surface area (TPSA) is 15.3 Å². The zero-order chi connectivity index (χ0) is 13.6. The Morgan fingerprint density at radius 2 is 2.11 bits per heavy atom. The van der Waals surface area contributed by atoms with Gasteiger partial charge in [0.05, 0.1) is 5.69 Å². The zero-order valence-corrected chi connectivity index (χ0v) is 12.4. The molecular formula is C14H17BrF2N2. The van der Waals surface area contributed by atoms with Gasteiger partial charge in [-0.2, -0.15) is 0 Å². The monoisotopic (exact) mass is 330 g/mol. The Morgan fingerprint density at radius 3 is 2.74 bits per heavy atom. The predicted molar refractivity (Wildman–Crippen MR) is 75.4 cm³/mol. The fraction of sp³-hybridized carbons (Fsp3) is 0.571. The van der Waals surface area contributed by atoms with Crippen LogP contribution in [0.2, 0.25) is 0 Å². The van der Waals surface area contributed by atoms with E-state index in [0.717, 1.165) is 25.7 Å². The molecule has 1 aliphatic heterocycles. The molecule has 1 saturated heterocycles. The highest BCUT2D eigenvalue weighted by molar-refractivity contribution is 9.10. The van der Waals surface area contributed by atoms with Crippen molar-refractivity contribution < 1.29 is 8.78 Å². The fourth-order valence-electron chi connectivity index (χ4n) is 3.03. The minimum Gasteiger partial charge on any atom is -0.365 e. The van der Waals surface area contributed by atoms with Crippen LogP contribution in [-0.4, -0.2) is 25.2 Å². The van der Waals surface area contributed by atoms with E-state index in [2.05, 4.69) is 28.2 Å². The van der Waals surface area contributed by atoms with Crippen molar-refractivity contribution >= 4 is 21.6 Å². The fourth-order valence-corrected chi connectivity index (χ4v) is 3.69. The molecule has 1 heterocycles. The molecule has 0 radical (unpaired) electrons. The van der Waals surface area contributed by atoms with E-state index in [9.17, 15) is 8.78 Å². The average molecular weight is 331 g/mol. The van der Waals surface area contributed by atoms with Gasteiger partial charge in [0.15, 0.2) is 5.82 Å². The van der Waals surface area contributed by atoms with E-state index >= 15 is 0 Å². The Labute approximate surface area is 120 Å². The van der Waals surface area contributed by atoms with Gasteiger partial charge in [-0.25, -0.2) is 8.78 Å². The van der Waals surface area contributed by atoms with Gasteiger partial charge in [-0.3, -0.25) is 0 Å². The van der Waals surface area contributed by atoms with Gasteiger partial charge < -0.3 is 10.2 Å². The van der Waals surface area contributed by atoms with Crippen LogP contribution < -0.4 is 10.2 Å². The quantitative estimate of drug-likeness (QED) is 0.895. The molecule has 1 aliphatic carbocycles. The predicted octanol–water partition coefficient (Wildman–Crippen LogP) is 3.31. The maximum absolute atomic E-state index is 14.0. The minimum absolute atomic E-state index is 0.0402. The Balaban J connectivity index is 1.89. The molecule has 1 aromatic carbocycles. The summed E-state index contributed by atoms with van der Waals surface area (Å²) >= 11 is 3.28. The summed E-state index contributed by atoms with van der Waals surface area (Å²) in [6.07, 6.45) is 2.48. The Kier molecular flexibility index (Phi) is 3.29. The minimum atomic E-state index is -0.548. The Hall–Kier alpha value is -0.680. The van der Waals surface area contributed by atoms with Crippen LogP contribution in [0.5, 0.6) is 0 Å². The number of hydrogen-bond acceptors (Lipinski definition) is 2. The second kappa shape index (κ2) is 4.70. The normalized spacial score (nSPS) is 27.7. The molecule has 19 heavy (non-hydrogen) atoms. The SMILES string of the molecule is CC1(C2CC2)CN(c2c(F)cc(F)cc2Br)CCN1. The van der Waals surface area contributed by atoms with Crippen LogP contribution in [0, 0.1) is 17.6 Å². The van der Waals surface area contributed by atoms with Crippen LogP contribution in [0.4, 0.5) is 14.5 Å². The number of benzene rings is 1. The maximum Gasteiger partial charge on any atom is 0.150 e. The highest BCUT2D eigenvalue weighted by Gasteiger charge is 2.44. The highest BCUT2D eigenvalue weighted by atomic mass is 79.9. The summed E-state index contributed by atoms with van der Waals surface area (Å²) in [6, 6.07) is 2.28. The smallest absolute Gasteiger partial charge is 0.150 e. The lowest BCUT2D eigenvalue weighted by molar-refractivity contribution is 0.284. The maximum atomic E-state index is 14.0. The van der Waals surface area contributed by atoms with Crippen LogP contribution in [0.15, 0.2) is 16.6 Å². The van der Waals surface area contributed by atoms with Gasteiger partial charge in [0.25, 0.3) is 0 Å². The third-order valence-electron chi connectivity index (χ3n) is 4.21. The van der Waals surface area contributed by atoms with Gasteiger partial charge in [0.1, 0.15) is 5.82 Å². The lowest BCUT2D eigenvalue weighted by Crippen LogP contribution is -2.60. The Morgan fingerprint density at radius 1 is 1.37 bits per heavy atom. The van der Waals surface area contributed by atoms with Crippen molar-refractivity contribution in [2.45, 2.75) is 25.3 Å². The molecule has 2 fully saturated rings. The lowest BCUT2D eigenvalue weighted by Gasteiger charge is -2.43. The van der Waals surface area contributed by atoms with Gasteiger partial charge in [-0.15, -0.1) is 0 Å². The average Bonchev–Trinajstić information content (AvgIpc) is 3.11. The molecule has 1 atom stereocenters. The van der Waals surface area contributed by atoms with Crippen molar-refractivity contribution in [3.63, 3.8) is 0 Å². The molecule has 0 spiro atoms. The van der Waals surface area contributed by atoms with Crippen LogP contribution >= 0.6 is 15.9 Å². The molecule has 0 aromatic heterocycles. The second-order valence-electron chi connectivity index (χ2n) is 5.76. The largest absolute Gasteiger partial charge is 0.365 e. The van der Waals surface area contributed by atoms with E-state index in [1.165, 1.54) is 18.9 Å². The third-order valence-corrected chi connectivity index (χ3v) is 4.81. The summed E-state index contributed by atoms with van der Waals surface area (Å²) in [6.45, 7) is 4.53. The number of piperazine rings is 1. The van der Waals surface area contributed by atoms with E-state index in [4.69, 9.17) is 0 Å². The van der Waals surface area contributed by atoms with E-state index in [-0.39, 0.29) is 5.54 Å². The second-order valence-corrected chi connectivity index (χ2v) is 6.61. The Bertz CT molecular complexity index is 481. The molecule has 3 rings (SSSR count). The van der Waals surface area contributed by atoms with Crippen LogP contribution in [-0.2, 0) is 0 Å². The van der Waals surface area contributed by atoms with Gasteiger partial charge in [-0.1, -0.05) is 0 Å². The van der Waals surface area contributed by atoms with Crippen molar-refractivity contribution in [1.82, 2.24) is 5.32 Å². The molecule has 104 valence electrons. The highest BCUT2D eigenvalue weighted by Crippen LogP contribution is 2.42. The summed E-state index contributed by atoms with van der Waals surface area (Å²) in [5.74, 6) is -0.363. The molecular weight excluding hydrogens is 314 g/mol. The first kappa shape index (κ1) is 13.3. The molecule has 0 bridgehead atoms. The molecule has 5 heteroatoms. The number of nitrogens with zero attached hydrogens (tertiary/aromatic N) is 1. The number of nitrogens with one attached hydrogen (secondary N) is 1. The van der Waals surface area contributed by atoms with Gasteiger partial charge in [-0.05, 0) is 47.7 Å². The zero-order valence-electron chi connectivity index (χ0n) is 10.8. The van der Waals surface area contributed by atoms with Crippen LogP contribution in [0.1, 0.15) is 19.8 Å².